The normalized spacial score (nSPS) is 11.5. The van der Waals surface area contributed by atoms with Gasteiger partial charge in [-0.1, -0.05) is 6.07 Å². The second-order valence-electron chi connectivity index (χ2n) is 5.56. The Morgan fingerprint density at radius 1 is 1.00 bits per heavy atom. The number of methoxy groups -OCH3 is 1. The van der Waals surface area contributed by atoms with Gasteiger partial charge < -0.3 is 14.8 Å². The Kier molecular flexibility index (Phi) is 5.58. The molecule has 2 aromatic rings. The average molecular weight is 327 g/mol. The summed E-state index contributed by atoms with van der Waals surface area (Å²) in [6.07, 6.45) is -0.902. The molecule has 2 aromatic carbocycles. The number of carbonyl (C=O) groups excluding carboxylic acids is 2. The number of hydrogen-bond donors (Lipinski definition) is 1. The van der Waals surface area contributed by atoms with Crippen molar-refractivity contribution in [3.63, 3.8) is 0 Å². The monoisotopic (exact) mass is 327 g/mol. The van der Waals surface area contributed by atoms with Crippen molar-refractivity contribution in [3.8, 4) is 5.75 Å². The summed E-state index contributed by atoms with van der Waals surface area (Å²) in [5.41, 5.74) is 3.13. The lowest BCUT2D eigenvalue weighted by Gasteiger charge is -2.14. The lowest BCUT2D eigenvalue weighted by atomic mass is 10.1. The third-order valence-corrected chi connectivity index (χ3v) is 3.75. The second-order valence-corrected chi connectivity index (χ2v) is 5.56. The molecule has 0 saturated carbocycles. The summed E-state index contributed by atoms with van der Waals surface area (Å²) < 4.78 is 10.3. The van der Waals surface area contributed by atoms with Crippen LogP contribution in [0.2, 0.25) is 0 Å². The van der Waals surface area contributed by atoms with Crippen LogP contribution in [0, 0.1) is 13.8 Å². The van der Waals surface area contributed by atoms with E-state index in [-0.39, 0.29) is 0 Å². The summed E-state index contributed by atoms with van der Waals surface area (Å²) in [5, 5.41) is 2.70. The molecule has 2 rings (SSSR count). The van der Waals surface area contributed by atoms with Crippen molar-refractivity contribution >= 4 is 17.6 Å². The number of anilines is 1. The predicted octanol–water partition coefficient (Wildman–Crippen LogP) is 3.50. The average Bonchev–Trinajstić information content (AvgIpc) is 2.57. The molecule has 0 aliphatic carbocycles. The first-order chi connectivity index (χ1) is 11.4. The third kappa shape index (κ3) is 4.35. The molecule has 1 N–H and O–H groups in total. The molecule has 126 valence electrons. The molecular formula is C19H21NO4. The van der Waals surface area contributed by atoms with Gasteiger partial charge in [0.15, 0.2) is 6.10 Å². The van der Waals surface area contributed by atoms with E-state index in [1.807, 2.05) is 19.9 Å². The van der Waals surface area contributed by atoms with Gasteiger partial charge in [-0.15, -0.1) is 0 Å². The summed E-state index contributed by atoms with van der Waals surface area (Å²) in [6, 6.07) is 12.2. The van der Waals surface area contributed by atoms with E-state index in [1.54, 1.807) is 43.5 Å². The molecule has 5 nitrogen and oxygen atoms in total. The summed E-state index contributed by atoms with van der Waals surface area (Å²) in [5.74, 6) is -0.213. The van der Waals surface area contributed by atoms with Crippen molar-refractivity contribution in [3.05, 3.63) is 59.2 Å². The molecule has 1 amide bonds. The molecule has 0 saturated heterocycles. The molecule has 1 atom stereocenters. The molecule has 5 heteroatoms. The van der Waals surface area contributed by atoms with Crippen LogP contribution in [-0.4, -0.2) is 25.1 Å². The van der Waals surface area contributed by atoms with Crippen molar-refractivity contribution in [1.82, 2.24) is 0 Å². The number of ether oxygens (including phenoxy) is 2. The van der Waals surface area contributed by atoms with Crippen LogP contribution in [0.3, 0.4) is 0 Å². The Labute approximate surface area is 141 Å². The summed E-state index contributed by atoms with van der Waals surface area (Å²) in [4.78, 5) is 24.3. The van der Waals surface area contributed by atoms with Crippen molar-refractivity contribution in [1.29, 1.82) is 0 Å². The first kappa shape index (κ1) is 17.5. The van der Waals surface area contributed by atoms with Crippen LogP contribution >= 0.6 is 0 Å². The Hall–Kier alpha value is -2.82. The van der Waals surface area contributed by atoms with Gasteiger partial charge in [0.05, 0.1) is 12.7 Å². The van der Waals surface area contributed by atoms with Gasteiger partial charge in [0.25, 0.3) is 5.91 Å². The molecule has 24 heavy (non-hydrogen) atoms. The topological polar surface area (TPSA) is 64.6 Å². The maximum absolute atomic E-state index is 12.1. The predicted molar refractivity (Wildman–Crippen MR) is 92.4 cm³/mol. The highest BCUT2D eigenvalue weighted by Gasteiger charge is 2.19. The van der Waals surface area contributed by atoms with E-state index in [1.165, 1.54) is 6.92 Å². The number of benzene rings is 2. The zero-order chi connectivity index (χ0) is 17.7. The van der Waals surface area contributed by atoms with Crippen LogP contribution in [0.1, 0.15) is 28.4 Å². The highest BCUT2D eigenvalue weighted by Crippen LogP contribution is 2.16. The largest absolute Gasteiger partial charge is 0.497 e. The van der Waals surface area contributed by atoms with Crippen LogP contribution in [0.25, 0.3) is 0 Å². The highest BCUT2D eigenvalue weighted by molar-refractivity contribution is 5.97. The Morgan fingerprint density at radius 2 is 1.67 bits per heavy atom. The van der Waals surface area contributed by atoms with E-state index in [9.17, 15) is 9.59 Å². The minimum absolute atomic E-state index is 0.391. The van der Waals surface area contributed by atoms with Gasteiger partial charge in [-0.2, -0.15) is 0 Å². The van der Waals surface area contributed by atoms with Crippen molar-refractivity contribution in [2.75, 3.05) is 12.4 Å². The first-order valence-corrected chi connectivity index (χ1v) is 7.64. The molecule has 0 aliphatic rings. The Bertz CT molecular complexity index is 738. The van der Waals surface area contributed by atoms with Gasteiger partial charge in [-0.3, -0.25) is 4.79 Å². The quantitative estimate of drug-likeness (QED) is 0.854. The molecule has 0 aromatic heterocycles. The standard InChI is InChI=1S/C19H21NO4/c1-12-5-6-15(11-13(12)2)19(22)24-14(3)18(21)20-16-7-9-17(23-4)10-8-16/h5-11,14H,1-4H3,(H,20,21)/t14-/m0/s1. The number of hydrogen-bond acceptors (Lipinski definition) is 4. The Balaban J connectivity index is 1.97. The maximum atomic E-state index is 12.1. The lowest BCUT2D eigenvalue weighted by Crippen LogP contribution is -2.30. The van der Waals surface area contributed by atoms with Gasteiger partial charge in [-0.25, -0.2) is 4.79 Å². The van der Waals surface area contributed by atoms with E-state index >= 15 is 0 Å². The van der Waals surface area contributed by atoms with Crippen molar-refractivity contribution in [2.45, 2.75) is 26.9 Å². The van der Waals surface area contributed by atoms with E-state index in [2.05, 4.69) is 5.32 Å². The molecular weight excluding hydrogens is 306 g/mol. The number of amides is 1. The maximum Gasteiger partial charge on any atom is 0.338 e. The van der Waals surface area contributed by atoms with Gasteiger partial charge in [-0.05, 0) is 68.3 Å². The Morgan fingerprint density at radius 3 is 2.25 bits per heavy atom. The van der Waals surface area contributed by atoms with Crippen LogP contribution in [0.4, 0.5) is 5.69 Å². The van der Waals surface area contributed by atoms with Crippen LogP contribution in [0.15, 0.2) is 42.5 Å². The fraction of sp³-hybridized carbons (Fsp3) is 0.263. The number of aryl methyl sites for hydroxylation is 2. The molecule has 0 aliphatic heterocycles. The smallest absolute Gasteiger partial charge is 0.338 e. The minimum atomic E-state index is -0.902. The molecule has 0 spiro atoms. The highest BCUT2D eigenvalue weighted by atomic mass is 16.5. The fourth-order valence-corrected chi connectivity index (χ4v) is 2.07. The summed E-state index contributed by atoms with van der Waals surface area (Å²) in [7, 11) is 1.57. The molecule has 0 fully saturated rings. The second kappa shape index (κ2) is 7.64. The van der Waals surface area contributed by atoms with E-state index in [0.29, 0.717) is 17.0 Å². The molecule has 0 radical (unpaired) electrons. The molecule has 0 heterocycles. The number of carbonyl (C=O) groups is 2. The fourth-order valence-electron chi connectivity index (χ4n) is 2.07. The van der Waals surface area contributed by atoms with Crippen LogP contribution in [-0.2, 0) is 9.53 Å². The van der Waals surface area contributed by atoms with E-state index in [4.69, 9.17) is 9.47 Å². The third-order valence-electron chi connectivity index (χ3n) is 3.75. The van der Waals surface area contributed by atoms with Gasteiger partial charge in [0, 0.05) is 5.69 Å². The van der Waals surface area contributed by atoms with Gasteiger partial charge in [0.1, 0.15) is 5.75 Å². The number of esters is 1. The van der Waals surface area contributed by atoms with Crippen LogP contribution < -0.4 is 10.1 Å². The molecule has 0 bridgehead atoms. The SMILES string of the molecule is COc1ccc(NC(=O)[C@H](C)OC(=O)c2ccc(C)c(C)c2)cc1. The van der Waals surface area contributed by atoms with E-state index in [0.717, 1.165) is 11.1 Å². The number of nitrogens with one attached hydrogen (secondary N) is 1. The molecule has 0 unspecified atom stereocenters. The van der Waals surface area contributed by atoms with Crippen molar-refractivity contribution < 1.29 is 19.1 Å². The van der Waals surface area contributed by atoms with Crippen LogP contribution in [0.5, 0.6) is 5.75 Å². The summed E-state index contributed by atoms with van der Waals surface area (Å²) >= 11 is 0. The van der Waals surface area contributed by atoms with Gasteiger partial charge in [0.2, 0.25) is 0 Å². The zero-order valence-corrected chi connectivity index (χ0v) is 14.3. The summed E-state index contributed by atoms with van der Waals surface area (Å²) in [6.45, 7) is 5.43. The minimum Gasteiger partial charge on any atom is -0.497 e. The number of rotatable bonds is 5. The lowest BCUT2D eigenvalue weighted by molar-refractivity contribution is -0.123. The van der Waals surface area contributed by atoms with E-state index < -0.39 is 18.0 Å². The first-order valence-electron chi connectivity index (χ1n) is 7.64. The van der Waals surface area contributed by atoms with Gasteiger partial charge >= 0.3 is 5.97 Å². The zero-order valence-electron chi connectivity index (χ0n) is 14.3. The van der Waals surface area contributed by atoms with Crippen molar-refractivity contribution in [2.24, 2.45) is 0 Å².